The number of carbonyl (C=O) groups excluding carboxylic acids is 1. The van der Waals surface area contributed by atoms with Gasteiger partial charge in [-0.3, -0.25) is 4.79 Å². The number of nitrogens with two attached hydrogens (primary N) is 1. The Hall–Kier alpha value is -2.17. The van der Waals surface area contributed by atoms with Gasteiger partial charge in [0.2, 0.25) is 5.91 Å². The lowest BCUT2D eigenvalue weighted by atomic mass is 9.93. The maximum atomic E-state index is 13.4. The molecule has 0 saturated carbocycles. The van der Waals surface area contributed by atoms with Gasteiger partial charge < -0.3 is 10.6 Å². The quantitative estimate of drug-likeness (QED) is 0.944. The predicted molar refractivity (Wildman–Crippen MR) is 85.1 cm³/mol. The number of fused-ring (bicyclic) bond motifs is 1. The molecule has 0 bridgehead atoms. The first-order valence-electron chi connectivity index (χ1n) is 7.71. The number of rotatable bonds is 4. The van der Waals surface area contributed by atoms with Crippen LogP contribution in [0.5, 0.6) is 0 Å². The van der Waals surface area contributed by atoms with Crippen LogP contribution in [0.25, 0.3) is 10.9 Å². The standard InChI is InChI=1S/C17H20FN3O/c18-14-6-4-13-5-8-17(20-15(13)10-14)21-9-1-2-12(11-21)3-7-16(19)22/h4-6,8,10,12H,1-3,7,9,11H2,(H2,19,22)/t12-/m0/s1. The summed E-state index contributed by atoms with van der Waals surface area (Å²) in [7, 11) is 0. The molecule has 4 nitrogen and oxygen atoms in total. The molecule has 0 spiro atoms. The summed E-state index contributed by atoms with van der Waals surface area (Å²) in [6.07, 6.45) is 3.46. The lowest BCUT2D eigenvalue weighted by molar-refractivity contribution is -0.118. The van der Waals surface area contributed by atoms with Gasteiger partial charge in [0.1, 0.15) is 11.6 Å². The van der Waals surface area contributed by atoms with Gasteiger partial charge in [0.15, 0.2) is 0 Å². The molecule has 1 aliphatic rings. The van der Waals surface area contributed by atoms with Gasteiger partial charge in [-0.05, 0) is 49.4 Å². The second-order valence-corrected chi connectivity index (χ2v) is 5.97. The smallest absolute Gasteiger partial charge is 0.217 e. The van der Waals surface area contributed by atoms with E-state index < -0.39 is 0 Å². The summed E-state index contributed by atoms with van der Waals surface area (Å²) in [5.41, 5.74) is 5.91. The average molecular weight is 301 g/mol. The van der Waals surface area contributed by atoms with Crippen molar-refractivity contribution in [2.45, 2.75) is 25.7 Å². The number of primary amides is 1. The molecule has 116 valence electrons. The number of piperidine rings is 1. The van der Waals surface area contributed by atoms with Crippen LogP contribution in [0.3, 0.4) is 0 Å². The van der Waals surface area contributed by atoms with Crippen LogP contribution in [0.1, 0.15) is 25.7 Å². The molecular weight excluding hydrogens is 281 g/mol. The van der Waals surface area contributed by atoms with Crippen LogP contribution in [-0.2, 0) is 4.79 Å². The predicted octanol–water partition coefficient (Wildman–Crippen LogP) is 2.86. The molecule has 2 heterocycles. The Balaban J connectivity index is 1.76. The van der Waals surface area contributed by atoms with E-state index in [1.807, 2.05) is 12.1 Å². The number of carbonyl (C=O) groups is 1. The van der Waals surface area contributed by atoms with Gasteiger partial charge in [0, 0.05) is 31.0 Å². The van der Waals surface area contributed by atoms with Crippen LogP contribution in [0, 0.1) is 11.7 Å². The van der Waals surface area contributed by atoms with Gasteiger partial charge in [0.05, 0.1) is 5.52 Å². The van der Waals surface area contributed by atoms with E-state index in [-0.39, 0.29) is 11.7 Å². The summed E-state index contributed by atoms with van der Waals surface area (Å²) in [4.78, 5) is 17.7. The van der Waals surface area contributed by atoms with E-state index in [0.29, 0.717) is 17.9 Å². The summed E-state index contributed by atoms with van der Waals surface area (Å²) >= 11 is 0. The normalized spacial score (nSPS) is 18.6. The lowest BCUT2D eigenvalue weighted by Gasteiger charge is -2.33. The number of halogens is 1. The topological polar surface area (TPSA) is 59.2 Å². The van der Waals surface area contributed by atoms with E-state index >= 15 is 0 Å². The summed E-state index contributed by atoms with van der Waals surface area (Å²) in [6, 6.07) is 8.62. The SMILES string of the molecule is NC(=O)CC[C@@H]1CCCN(c2ccc3ccc(F)cc3n2)C1. The minimum atomic E-state index is -0.268. The zero-order chi connectivity index (χ0) is 15.5. The number of amides is 1. The highest BCUT2D eigenvalue weighted by molar-refractivity contribution is 5.80. The second kappa shape index (κ2) is 6.30. The minimum Gasteiger partial charge on any atom is -0.370 e. The minimum absolute atomic E-state index is 0.239. The van der Waals surface area contributed by atoms with Crippen molar-refractivity contribution in [1.82, 2.24) is 4.98 Å². The third-order valence-electron chi connectivity index (χ3n) is 4.28. The molecule has 1 amide bonds. The molecule has 0 unspecified atom stereocenters. The number of hydrogen-bond acceptors (Lipinski definition) is 3. The van der Waals surface area contributed by atoms with Crippen molar-refractivity contribution in [2.75, 3.05) is 18.0 Å². The first-order valence-corrected chi connectivity index (χ1v) is 7.71. The molecule has 0 aliphatic carbocycles. The number of anilines is 1. The summed E-state index contributed by atoms with van der Waals surface area (Å²) in [5.74, 6) is 0.833. The highest BCUT2D eigenvalue weighted by Gasteiger charge is 2.21. The molecule has 1 aromatic carbocycles. The number of aromatic nitrogens is 1. The number of benzene rings is 1. The van der Waals surface area contributed by atoms with Crippen LogP contribution in [0.15, 0.2) is 30.3 Å². The fourth-order valence-corrected chi connectivity index (χ4v) is 3.11. The molecule has 22 heavy (non-hydrogen) atoms. The Morgan fingerprint density at radius 1 is 1.36 bits per heavy atom. The third-order valence-corrected chi connectivity index (χ3v) is 4.28. The summed E-state index contributed by atoms with van der Waals surface area (Å²) < 4.78 is 13.4. The molecule has 1 fully saturated rings. The highest BCUT2D eigenvalue weighted by Crippen LogP contribution is 2.26. The second-order valence-electron chi connectivity index (χ2n) is 5.97. The highest BCUT2D eigenvalue weighted by atomic mass is 19.1. The maximum Gasteiger partial charge on any atom is 0.217 e. The fraction of sp³-hybridized carbons (Fsp3) is 0.412. The summed E-state index contributed by atoms with van der Waals surface area (Å²) in [6.45, 7) is 1.82. The van der Waals surface area contributed by atoms with Crippen molar-refractivity contribution in [3.8, 4) is 0 Å². The maximum absolute atomic E-state index is 13.4. The number of hydrogen-bond donors (Lipinski definition) is 1. The van der Waals surface area contributed by atoms with Crippen molar-refractivity contribution < 1.29 is 9.18 Å². The molecule has 1 saturated heterocycles. The van der Waals surface area contributed by atoms with Crippen LogP contribution in [0.4, 0.5) is 10.2 Å². The van der Waals surface area contributed by atoms with Crippen molar-refractivity contribution in [2.24, 2.45) is 11.7 Å². The zero-order valence-corrected chi connectivity index (χ0v) is 12.5. The Bertz CT molecular complexity index is 689. The van der Waals surface area contributed by atoms with Gasteiger partial charge in [-0.25, -0.2) is 9.37 Å². The van der Waals surface area contributed by atoms with Gasteiger partial charge in [-0.1, -0.05) is 0 Å². The third kappa shape index (κ3) is 3.35. The van der Waals surface area contributed by atoms with E-state index in [4.69, 9.17) is 5.73 Å². The average Bonchev–Trinajstić information content (AvgIpc) is 2.52. The van der Waals surface area contributed by atoms with E-state index in [2.05, 4.69) is 9.88 Å². The fourth-order valence-electron chi connectivity index (χ4n) is 3.11. The van der Waals surface area contributed by atoms with Crippen molar-refractivity contribution >= 4 is 22.6 Å². The van der Waals surface area contributed by atoms with E-state index in [1.54, 1.807) is 6.07 Å². The van der Waals surface area contributed by atoms with Gasteiger partial charge in [0.25, 0.3) is 0 Å². The molecule has 0 radical (unpaired) electrons. The first kappa shape index (κ1) is 14.8. The molecule has 3 rings (SSSR count). The Morgan fingerprint density at radius 3 is 3.00 bits per heavy atom. The van der Waals surface area contributed by atoms with Gasteiger partial charge >= 0.3 is 0 Å². The number of nitrogens with zero attached hydrogens (tertiary/aromatic N) is 2. The lowest BCUT2D eigenvalue weighted by Crippen LogP contribution is -2.36. The van der Waals surface area contributed by atoms with Crippen molar-refractivity contribution in [1.29, 1.82) is 0 Å². The molecular formula is C17H20FN3O. The van der Waals surface area contributed by atoms with Gasteiger partial charge in [-0.2, -0.15) is 0 Å². The Labute approximate surface area is 129 Å². The Morgan fingerprint density at radius 2 is 2.18 bits per heavy atom. The molecule has 2 aromatic rings. The van der Waals surface area contributed by atoms with E-state index in [9.17, 15) is 9.18 Å². The molecule has 5 heteroatoms. The number of pyridine rings is 1. The van der Waals surface area contributed by atoms with Crippen LogP contribution in [-0.4, -0.2) is 24.0 Å². The molecule has 1 atom stereocenters. The largest absolute Gasteiger partial charge is 0.370 e. The van der Waals surface area contributed by atoms with Crippen LogP contribution >= 0.6 is 0 Å². The van der Waals surface area contributed by atoms with Crippen molar-refractivity contribution in [3.05, 3.63) is 36.1 Å². The van der Waals surface area contributed by atoms with Gasteiger partial charge in [-0.15, -0.1) is 0 Å². The Kier molecular flexibility index (Phi) is 4.22. The van der Waals surface area contributed by atoms with E-state index in [0.717, 1.165) is 43.6 Å². The molecule has 1 aliphatic heterocycles. The van der Waals surface area contributed by atoms with E-state index in [1.165, 1.54) is 12.1 Å². The first-order chi connectivity index (χ1) is 10.6. The molecule has 1 aromatic heterocycles. The monoisotopic (exact) mass is 301 g/mol. The van der Waals surface area contributed by atoms with Crippen LogP contribution < -0.4 is 10.6 Å². The zero-order valence-electron chi connectivity index (χ0n) is 12.5. The molecule has 2 N–H and O–H groups in total. The van der Waals surface area contributed by atoms with Crippen LogP contribution in [0.2, 0.25) is 0 Å². The van der Waals surface area contributed by atoms with Crippen molar-refractivity contribution in [3.63, 3.8) is 0 Å². The summed E-state index contributed by atoms with van der Waals surface area (Å²) in [5, 5.41) is 0.937.